The van der Waals surface area contributed by atoms with E-state index in [1.165, 1.54) is 34.4 Å². The van der Waals surface area contributed by atoms with Crippen molar-refractivity contribution in [2.75, 3.05) is 32.8 Å². The minimum atomic E-state index is -5.17. The third-order valence-electron chi connectivity index (χ3n) is 7.20. The van der Waals surface area contributed by atoms with E-state index < -0.39 is 10.5 Å². The molecule has 0 atom stereocenters. The molecule has 0 unspecified atom stereocenters. The number of fused-ring (bicyclic) bond motifs is 3. The van der Waals surface area contributed by atoms with Crippen molar-refractivity contribution in [3.05, 3.63) is 88.5 Å². The standard InChI is InChI=1S/C29H27FN2O5S/c1-3-21-16-23(37-38(30,34)35)17-22(20(21)2)18-31-12-14-32(15-13-31)29(33)36-19-28-26-10-6-4-8-24(26)25-9-5-7-11-27(25)28/h1,4-11,16-17,28H,12-15,18-19H2,2H3. The summed E-state index contributed by atoms with van der Waals surface area (Å²) in [6, 6.07) is 19.2. The number of ether oxygens (including phenoxy) is 1. The van der Waals surface area contributed by atoms with Crippen LogP contribution >= 0.6 is 0 Å². The normalized spacial score (nSPS) is 15.4. The van der Waals surface area contributed by atoms with Gasteiger partial charge < -0.3 is 13.8 Å². The lowest BCUT2D eigenvalue weighted by Crippen LogP contribution is -2.48. The number of amides is 1. The zero-order valence-electron chi connectivity index (χ0n) is 20.9. The van der Waals surface area contributed by atoms with Gasteiger partial charge in [-0.1, -0.05) is 58.3 Å². The maximum absolute atomic E-state index is 13.1. The Balaban J connectivity index is 1.19. The molecule has 0 saturated carbocycles. The predicted molar refractivity (Wildman–Crippen MR) is 142 cm³/mol. The van der Waals surface area contributed by atoms with E-state index in [2.05, 4.69) is 39.3 Å². The van der Waals surface area contributed by atoms with E-state index in [-0.39, 0.29) is 24.4 Å². The number of carbonyl (C=O) groups is 1. The maximum atomic E-state index is 13.1. The average Bonchev–Trinajstić information content (AvgIpc) is 3.22. The summed E-state index contributed by atoms with van der Waals surface area (Å²) in [4.78, 5) is 16.7. The molecule has 38 heavy (non-hydrogen) atoms. The number of nitrogens with zero attached hydrogens (tertiary/aromatic N) is 2. The molecule has 1 heterocycles. The van der Waals surface area contributed by atoms with E-state index in [1.54, 1.807) is 4.90 Å². The number of halogens is 1. The third kappa shape index (κ3) is 5.37. The number of piperazine rings is 1. The van der Waals surface area contributed by atoms with Crippen LogP contribution in [0.25, 0.3) is 11.1 Å². The first-order valence-electron chi connectivity index (χ1n) is 12.3. The lowest BCUT2D eigenvalue weighted by atomic mass is 9.98. The summed E-state index contributed by atoms with van der Waals surface area (Å²) in [7, 11) is -5.17. The second kappa shape index (κ2) is 10.5. The molecule has 1 fully saturated rings. The smallest absolute Gasteiger partial charge is 0.448 e. The molecule has 0 bridgehead atoms. The van der Waals surface area contributed by atoms with Gasteiger partial charge in [0, 0.05) is 44.2 Å². The van der Waals surface area contributed by atoms with Gasteiger partial charge in [-0.3, -0.25) is 4.90 Å². The van der Waals surface area contributed by atoms with Gasteiger partial charge >= 0.3 is 16.6 Å². The summed E-state index contributed by atoms with van der Waals surface area (Å²) in [6.07, 6.45) is 5.20. The van der Waals surface area contributed by atoms with E-state index in [1.807, 2.05) is 31.2 Å². The van der Waals surface area contributed by atoms with Crippen molar-refractivity contribution in [1.82, 2.24) is 9.80 Å². The van der Waals surface area contributed by atoms with Crippen LogP contribution in [0.2, 0.25) is 0 Å². The summed E-state index contributed by atoms with van der Waals surface area (Å²) in [5.74, 6) is 2.32. The van der Waals surface area contributed by atoms with Crippen molar-refractivity contribution in [3.63, 3.8) is 0 Å². The van der Waals surface area contributed by atoms with Crippen LogP contribution in [0.5, 0.6) is 5.75 Å². The Labute approximate surface area is 222 Å². The molecule has 1 amide bonds. The summed E-state index contributed by atoms with van der Waals surface area (Å²) in [6.45, 7) is 4.67. The van der Waals surface area contributed by atoms with Gasteiger partial charge in [-0.25, -0.2) is 4.79 Å². The van der Waals surface area contributed by atoms with Gasteiger partial charge in [-0.05, 0) is 52.4 Å². The Bertz CT molecular complexity index is 1480. The fourth-order valence-corrected chi connectivity index (χ4v) is 5.56. The SMILES string of the molecule is C#Cc1cc(OS(=O)(=O)F)cc(CN2CCN(C(=O)OCC3c4ccccc4-c4ccccc43)CC2)c1C. The van der Waals surface area contributed by atoms with Crippen LogP contribution in [0.4, 0.5) is 8.68 Å². The van der Waals surface area contributed by atoms with Crippen LogP contribution < -0.4 is 4.18 Å². The van der Waals surface area contributed by atoms with Crippen molar-refractivity contribution in [2.45, 2.75) is 19.4 Å². The van der Waals surface area contributed by atoms with E-state index in [0.29, 0.717) is 38.3 Å². The third-order valence-corrected chi connectivity index (χ3v) is 7.59. The summed E-state index contributed by atoms with van der Waals surface area (Å²) >= 11 is 0. The number of terminal acetylenes is 1. The quantitative estimate of drug-likeness (QED) is 0.339. The van der Waals surface area contributed by atoms with Crippen molar-refractivity contribution in [2.24, 2.45) is 0 Å². The minimum Gasteiger partial charge on any atom is -0.448 e. The maximum Gasteiger partial charge on any atom is 0.488 e. The molecule has 1 aliphatic carbocycles. The number of hydrogen-bond donors (Lipinski definition) is 0. The van der Waals surface area contributed by atoms with E-state index in [0.717, 1.165) is 11.1 Å². The molecule has 1 saturated heterocycles. The zero-order chi connectivity index (χ0) is 26.9. The van der Waals surface area contributed by atoms with Crippen LogP contribution in [-0.4, -0.2) is 57.1 Å². The molecule has 0 spiro atoms. The molecule has 0 radical (unpaired) electrons. The van der Waals surface area contributed by atoms with Gasteiger partial charge in [-0.15, -0.1) is 6.42 Å². The largest absolute Gasteiger partial charge is 0.488 e. The highest BCUT2D eigenvalue weighted by molar-refractivity contribution is 7.81. The summed E-state index contributed by atoms with van der Waals surface area (Å²) in [5.41, 5.74) is 6.64. The summed E-state index contributed by atoms with van der Waals surface area (Å²) in [5, 5.41) is 0. The molecule has 3 aromatic carbocycles. The van der Waals surface area contributed by atoms with Crippen molar-refractivity contribution < 1.29 is 26.0 Å². The molecule has 196 valence electrons. The van der Waals surface area contributed by atoms with Gasteiger partial charge in [0.15, 0.2) is 0 Å². The highest BCUT2D eigenvalue weighted by atomic mass is 32.3. The monoisotopic (exact) mass is 534 g/mol. The molecular formula is C29H27FN2O5S. The van der Waals surface area contributed by atoms with Crippen LogP contribution in [-0.2, 0) is 21.8 Å². The Morgan fingerprint density at radius 3 is 2.21 bits per heavy atom. The number of hydrogen-bond acceptors (Lipinski definition) is 6. The first-order chi connectivity index (χ1) is 18.2. The molecule has 3 aromatic rings. The van der Waals surface area contributed by atoms with E-state index in [9.17, 15) is 17.1 Å². The van der Waals surface area contributed by atoms with Crippen molar-refractivity contribution in [1.29, 1.82) is 0 Å². The lowest BCUT2D eigenvalue weighted by Gasteiger charge is -2.34. The fourth-order valence-electron chi connectivity index (χ4n) is 5.24. The van der Waals surface area contributed by atoms with Gasteiger partial charge in [0.2, 0.25) is 0 Å². The molecule has 9 heteroatoms. The highest BCUT2D eigenvalue weighted by Gasteiger charge is 2.30. The zero-order valence-corrected chi connectivity index (χ0v) is 21.7. The predicted octanol–water partition coefficient (Wildman–Crippen LogP) is 4.64. The molecule has 1 aliphatic heterocycles. The van der Waals surface area contributed by atoms with Gasteiger partial charge in [-0.2, -0.15) is 8.42 Å². The van der Waals surface area contributed by atoms with Crippen LogP contribution in [0.15, 0.2) is 60.7 Å². The second-order valence-corrected chi connectivity index (χ2v) is 10.4. The van der Waals surface area contributed by atoms with Crippen LogP contribution in [0.3, 0.4) is 0 Å². The lowest BCUT2D eigenvalue weighted by molar-refractivity contribution is 0.0728. The second-order valence-electron chi connectivity index (χ2n) is 9.44. The Morgan fingerprint density at radius 2 is 1.63 bits per heavy atom. The highest BCUT2D eigenvalue weighted by Crippen LogP contribution is 2.44. The first-order valence-corrected chi connectivity index (χ1v) is 13.6. The van der Waals surface area contributed by atoms with Gasteiger partial charge in [0.05, 0.1) is 0 Å². The van der Waals surface area contributed by atoms with Crippen molar-refractivity contribution >= 4 is 16.6 Å². The topological polar surface area (TPSA) is 76.2 Å². The van der Waals surface area contributed by atoms with Gasteiger partial charge in [0.25, 0.3) is 0 Å². The average molecular weight is 535 g/mol. The molecular weight excluding hydrogens is 507 g/mol. The van der Waals surface area contributed by atoms with Crippen LogP contribution in [0, 0.1) is 19.3 Å². The molecule has 5 rings (SSSR count). The summed E-state index contributed by atoms with van der Waals surface area (Å²) < 4.78 is 45.2. The minimum absolute atomic E-state index is 0.00333. The first kappa shape index (κ1) is 25.8. The van der Waals surface area contributed by atoms with E-state index >= 15 is 0 Å². The Kier molecular flexibility index (Phi) is 7.11. The Morgan fingerprint density at radius 1 is 1.03 bits per heavy atom. The molecule has 7 nitrogen and oxygen atoms in total. The number of rotatable bonds is 6. The van der Waals surface area contributed by atoms with E-state index in [4.69, 9.17) is 11.2 Å². The fraction of sp³-hybridized carbons (Fsp3) is 0.276. The Hall–Kier alpha value is -3.87. The number of carbonyl (C=O) groups excluding carboxylic acids is 1. The molecule has 0 N–H and O–H groups in total. The van der Waals surface area contributed by atoms with Crippen molar-refractivity contribution in [3.8, 4) is 29.2 Å². The molecule has 2 aliphatic rings. The van der Waals surface area contributed by atoms with Gasteiger partial charge in [0.1, 0.15) is 12.4 Å². The van der Waals surface area contributed by atoms with Crippen LogP contribution in [0.1, 0.15) is 33.7 Å². The molecule has 0 aromatic heterocycles. The number of benzene rings is 3.